The molecule has 0 aliphatic carbocycles. The number of thioether (sulfide) groups is 1. The number of nitrogens with one attached hydrogen (secondary N) is 2. The van der Waals surface area contributed by atoms with Crippen LogP contribution < -0.4 is 26.9 Å². The average molecular weight is 873 g/mol. The van der Waals surface area contributed by atoms with E-state index in [0.29, 0.717) is 22.9 Å². The molecular weight excluding hydrogens is 832 g/mol. The van der Waals surface area contributed by atoms with E-state index in [2.05, 4.69) is 20.8 Å². The molecule has 3 amide bonds. The molecule has 3 saturated heterocycles. The smallest absolute Gasteiger partial charge is 0.350 e. The van der Waals surface area contributed by atoms with E-state index >= 15 is 0 Å². The summed E-state index contributed by atoms with van der Waals surface area (Å²) in [4.78, 5) is 89.1. The van der Waals surface area contributed by atoms with Gasteiger partial charge in [-0.05, 0) is 20.8 Å². The molecule has 7 rings (SSSR count). The monoisotopic (exact) mass is 872 g/mol. The van der Waals surface area contributed by atoms with Gasteiger partial charge in [0.05, 0.1) is 46.7 Å². The predicted molar refractivity (Wildman–Crippen MR) is 213 cm³/mol. The number of aliphatic carboxylic acids is 2. The summed E-state index contributed by atoms with van der Waals surface area (Å²) >= 11 is 8.52. The highest BCUT2D eigenvalue weighted by atomic mass is 35.5. The maximum atomic E-state index is 13.7. The van der Waals surface area contributed by atoms with Gasteiger partial charge in [-0.1, -0.05) is 16.8 Å². The zero-order valence-electron chi connectivity index (χ0n) is 32.3. The van der Waals surface area contributed by atoms with Crippen molar-refractivity contribution in [2.45, 2.75) is 86.8 Å². The summed E-state index contributed by atoms with van der Waals surface area (Å²) in [5.41, 5.74) is 3.08. The fourth-order valence-electron chi connectivity index (χ4n) is 8.53. The minimum atomic E-state index is -1.82. The number of likely N-dealkylation sites (N-methyl/N-ethyl adjacent to an activating group) is 1. The van der Waals surface area contributed by atoms with E-state index in [1.165, 1.54) is 47.8 Å². The molecule has 7 atom stereocenters. The van der Waals surface area contributed by atoms with Crippen LogP contribution in [0.15, 0.2) is 38.9 Å². The third-order valence-corrected chi connectivity index (χ3v) is 14.3. The summed E-state index contributed by atoms with van der Waals surface area (Å²) in [7, 11) is 3.61. The summed E-state index contributed by atoms with van der Waals surface area (Å²) < 4.78 is 1.92. The molecule has 314 valence electrons. The molecule has 4 aliphatic heterocycles. The molecule has 0 spiro atoms. The van der Waals surface area contributed by atoms with Crippen LogP contribution in [-0.4, -0.2) is 124 Å². The number of halogens is 1. The third kappa shape index (κ3) is 7.12. The Bertz CT molecular complexity index is 2450. The fourth-order valence-corrected chi connectivity index (χ4v) is 10.8. The number of piperidine rings is 1. The first-order valence-corrected chi connectivity index (χ1v) is 20.7. The highest BCUT2D eigenvalue weighted by Crippen LogP contribution is 2.48. The summed E-state index contributed by atoms with van der Waals surface area (Å²) in [6.45, 7) is 4.56. The molecule has 0 radical (unpaired) electrons. The van der Waals surface area contributed by atoms with Gasteiger partial charge in [0.2, 0.25) is 11.0 Å². The largest absolute Gasteiger partial charge is 0.543 e. The maximum Gasteiger partial charge on any atom is 0.350 e. The van der Waals surface area contributed by atoms with Crippen molar-refractivity contribution in [1.82, 2.24) is 25.1 Å². The quantitative estimate of drug-likeness (QED) is 0.0506. The number of thiazole rings is 1. The number of quaternary nitrogens is 1. The van der Waals surface area contributed by atoms with Crippen molar-refractivity contribution in [3.05, 3.63) is 55.4 Å². The molecule has 59 heavy (non-hydrogen) atoms. The number of carboxylic acid groups (broad SMARTS) is 2. The number of rotatable bonds is 11. The predicted octanol–water partition coefficient (Wildman–Crippen LogP) is 0.588. The van der Waals surface area contributed by atoms with Crippen molar-refractivity contribution in [2.24, 2.45) is 12.2 Å². The second-order valence-corrected chi connectivity index (χ2v) is 18.6. The Morgan fingerprint density at radius 1 is 1.17 bits per heavy atom. The summed E-state index contributed by atoms with van der Waals surface area (Å²) in [5, 5.41) is 51.7. The van der Waals surface area contributed by atoms with Crippen LogP contribution in [0, 0.1) is 0 Å². The Morgan fingerprint density at radius 3 is 2.42 bits per heavy atom. The lowest BCUT2D eigenvalue weighted by atomic mass is 9.92. The highest BCUT2D eigenvalue weighted by molar-refractivity contribution is 8.00. The van der Waals surface area contributed by atoms with Gasteiger partial charge in [-0.2, -0.15) is 0 Å². The van der Waals surface area contributed by atoms with Gasteiger partial charge in [0.15, 0.2) is 22.3 Å². The van der Waals surface area contributed by atoms with Crippen molar-refractivity contribution in [2.75, 3.05) is 19.3 Å². The van der Waals surface area contributed by atoms with Crippen molar-refractivity contribution in [3.8, 4) is 11.5 Å². The Balaban J connectivity index is 1.08. The average Bonchev–Trinajstić information content (AvgIpc) is 3.63. The number of nitrogens with two attached hydrogens (primary N) is 1. The van der Waals surface area contributed by atoms with Crippen molar-refractivity contribution >= 4 is 86.1 Å². The van der Waals surface area contributed by atoms with Crippen LogP contribution in [0.4, 0.5) is 5.13 Å². The van der Waals surface area contributed by atoms with Crippen LogP contribution in [-0.2, 0) is 31.1 Å². The van der Waals surface area contributed by atoms with Gasteiger partial charge in [0.1, 0.15) is 29.2 Å². The highest BCUT2D eigenvalue weighted by Gasteiger charge is 2.58. The molecule has 2 unspecified atom stereocenters. The number of anilines is 1. The number of carbonyl (C=O) groups excluding carboxylic acids is 4. The van der Waals surface area contributed by atoms with E-state index in [1.807, 2.05) is 14.0 Å². The van der Waals surface area contributed by atoms with Crippen LogP contribution in [0.1, 0.15) is 62.5 Å². The Kier molecular flexibility index (Phi) is 10.6. The number of hydrogen-bond donors (Lipinski definition) is 6. The van der Waals surface area contributed by atoms with Crippen LogP contribution in [0.2, 0.25) is 5.02 Å². The number of phenols is 2. The second kappa shape index (κ2) is 15.0. The lowest BCUT2D eigenvalue weighted by Gasteiger charge is -2.54. The van der Waals surface area contributed by atoms with E-state index in [9.17, 15) is 49.2 Å². The molecular formula is C37H41ClN8O11S2. The SMILES string of the molecule is C[C@@H]1S[C@@H]2[C@H](NC(=O)/C(=N\OC(C)(C)C(=O)O)c3csc(N)n3)C(=O)N2C(C(=O)[O-])=C1C[N+]1(C)[C@@H]2CC[C@H]1CC(NC(=O)c1cn(C)c3cc(O)c(O)c(Cl)c3c1=O)C2. The van der Waals surface area contributed by atoms with Crippen LogP contribution in [0.3, 0.4) is 0 Å². The summed E-state index contributed by atoms with van der Waals surface area (Å²) in [5.74, 6) is -6.29. The number of nitrogen functional groups attached to an aromatic ring is 1. The van der Waals surface area contributed by atoms with E-state index in [-0.39, 0.29) is 62.7 Å². The second-order valence-electron chi connectivity index (χ2n) is 15.9. The molecule has 19 nitrogen and oxygen atoms in total. The molecule has 6 heterocycles. The van der Waals surface area contributed by atoms with E-state index in [0.717, 1.165) is 29.1 Å². The Hall–Kier alpha value is -5.38. The number of hydrogen-bond acceptors (Lipinski definition) is 15. The van der Waals surface area contributed by atoms with Crippen molar-refractivity contribution in [3.63, 3.8) is 0 Å². The van der Waals surface area contributed by atoms with Gasteiger partial charge in [-0.25, -0.2) is 9.78 Å². The minimum absolute atomic E-state index is 0.0109. The zero-order chi connectivity index (χ0) is 43.0. The topological polar surface area (TPSA) is 279 Å². The van der Waals surface area contributed by atoms with Gasteiger partial charge in [-0.3, -0.25) is 24.1 Å². The van der Waals surface area contributed by atoms with E-state index in [4.69, 9.17) is 22.2 Å². The molecule has 2 aromatic heterocycles. The lowest BCUT2D eigenvalue weighted by Crippen LogP contribution is -2.72. The molecule has 7 N–H and O–H groups in total. The van der Waals surface area contributed by atoms with Gasteiger partial charge in [-0.15, -0.1) is 23.1 Å². The number of aromatic nitrogens is 2. The first-order valence-electron chi connectivity index (χ1n) is 18.5. The maximum absolute atomic E-state index is 13.7. The molecule has 22 heteroatoms. The third-order valence-electron chi connectivity index (χ3n) is 11.8. The number of pyridine rings is 1. The molecule has 3 fully saturated rings. The molecule has 1 aromatic carbocycles. The lowest BCUT2D eigenvalue weighted by molar-refractivity contribution is -0.944. The number of carboxylic acids is 2. The van der Waals surface area contributed by atoms with Gasteiger partial charge in [0, 0.05) is 67.2 Å². The van der Waals surface area contributed by atoms with Crippen molar-refractivity contribution in [1.29, 1.82) is 0 Å². The van der Waals surface area contributed by atoms with E-state index < -0.39 is 74.6 Å². The fraction of sp³-hybridized carbons (Fsp3) is 0.459. The van der Waals surface area contributed by atoms with Gasteiger partial charge >= 0.3 is 5.97 Å². The Labute approximate surface area is 349 Å². The molecule has 0 saturated carbocycles. The number of fused-ring (bicyclic) bond motifs is 4. The number of amides is 3. The van der Waals surface area contributed by atoms with E-state index in [1.54, 1.807) is 7.05 Å². The number of carbonyl (C=O) groups is 5. The molecule has 3 aromatic rings. The van der Waals surface area contributed by atoms with Crippen LogP contribution in [0.25, 0.3) is 10.9 Å². The zero-order valence-corrected chi connectivity index (χ0v) is 34.7. The number of aromatic hydroxyl groups is 2. The first kappa shape index (κ1) is 41.8. The van der Waals surface area contributed by atoms with Gasteiger partial charge in [0.25, 0.3) is 17.7 Å². The molecule has 2 bridgehead atoms. The minimum Gasteiger partial charge on any atom is -0.543 e. The van der Waals surface area contributed by atoms with Gasteiger partial charge < -0.3 is 55.5 Å². The summed E-state index contributed by atoms with van der Waals surface area (Å²) in [6, 6.07) is -0.320. The van der Waals surface area contributed by atoms with Crippen molar-refractivity contribution < 1.29 is 53.7 Å². The number of phenolic OH excluding ortho intramolecular Hbond substituents is 2. The normalized spacial score (nSPS) is 26.6. The number of oxime groups is 1. The Morgan fingerprint density at radius 2 is 1.83 bits per heavy atom. The molecule has 4 aliphatic rings. The number of nitrogens with zero attached hydrogens (tertiary/aromatic N) is 5. The standard InChI is InChI=1S/C37H41ClN8O11S2/c1-14-19(27(34(53)54)45-32(52)26(33(45)59-14)42-31(51)25(20-13-58-36(39)41-20)43-57-37(2,3)35(55)56)12-46(5)16-6-7-17(46)9-15(8-16)40-30(50)18-11-44(4)21-10-22(47)29(49)24(38)23(21)28(18)48/h10-11,13-17,26,33H,6-9,12H2,1-5H3,(H7-,39,40,41,42,43,47,48,49,50,51,53,54,55,56)/t14-,15?,16-,17+,26+,33+,46?/m0/s1. The number of β-lactam (4-membered cyclic amide) rings is 1. The van der Waals surface area contributed by atoms with Crippen LogP contribution >= 0.6 is 34.7 Å². The van der Waals surface area contributed by atoms with Crippen LogP contribution in [0.5, 0.6) is 11.5 Å². The first-order chi connectivity index (χ1) is 27.6. The number of aryl methyl sites for hydroxylation is 1. The number of benzene rings is 1. The summed E-state index contributed by atoms with van der Waals surface area (Å²) in [6.07, 6.45) is 3.99.